The van der Waals surface area contributed by atoms with Gasteiger partial charge in [0.2, 0.25) is 0 Å². The lowest BCUT2D eigenvalue weighted by atomic mass is 9.93. The average Bonchev–Trinajstić information content (AvgIpc) is 3.28. The number of methoxy groups -OCH3 is 2. The maximum absolute atomic E-state index is 13.1. The normalized spacial score (nSPS) is 19.5. The Balaban J connectivity index is 1.70. The Morgan fingerprint density at radius 2 is 2.00 bits per heavy atom. The molecule has 28 heavy (non-hydrogen) atoms. The molecule has 0 bridgehead atoms. The van der Waals surface area contributed by atoms with Crippen LogP contribution in [0.4, 0.5) is 0 Å². The van der Waals surface area contributed by atoms with Crippen LogP contribution in [0.3, 0.4) is 0 Å². The number of benzene rings is 1. The Bertz CT molecular complexity index is 963. The van der Waals surface area contributed by atoms with Gasteiger partial charge in [-0.15, -0.1) is 0 Å². The van der Waals surface area contributed by atoms with E-state index in [9.17, 15) is 4.79 Å². The van der Waals surface area contributed by atoms with Crippen molar-refractivity contribution in [3.8, 4) is 11.6 Å². The molecule has 7 heteroatoms. The quantitative estimate of drug-likeness (QED) is 0.736. The van der Waals surface area contributed by atoms with E-state index in [-0.39, 0.29) is 11.9 Å². The molecule has 0 saturated heterocycles. The van der Waals surface area contributed by atoms with Gasteiger partial charge in [0.1, 0.15) is 23.6 Å². The maximum atomic E-state index is 13.1. The molecule has 2 heterocycles. The van der Waals surface area contributed by atoms with Gasteiger partial charge in [-0.2, -0.15) is 0 Å². The van der Waals surface area contributed by atoms with E-state index in [0.29, 0.717) is 23.4 Å². The first-order valence-electron chi connectivity index (χ1n) is 9.49. The predicted octanol–water partition coefficient (Wildman–Crippen LogP) is 3.12. The van der Waals surface area contributed by atoms with Crippen molar-refractivity contribution >= 4 is 16.7 Å². The summed E-state index contributed by atoms with van der Waals surface area (Å²) in [6, 6.07) is 7.71. The number of aromatic nitrogens is 3. The zero-order valence-electron chi connectivity index (χ0n) is 16.1. The van der Waals surface area contributed by atoms with E-state index in [1.54, 1.807) is 37.5 Å². The highest BCUT2D eigenvalue weighted by Crippen LogP contribution is 2.29. The van der Waals surface area contributed by atoms with Crippen LogP contribution in [0, 0.1) is 0 Å². The fourth-order valence-electron chi connectivity index (χ4n) is 3.81. The topological polar surface area (TPSA) is 78.3 Å². The number of nitrogens with zero attached hydrogens (tertiary/aromatic N) is 3. The van der Waals surface area contributed by atoms with Gasteiger partial charge >= 0.3 is 0 Å². The third kappa shape index (κ3) is 3.57. The van der Waals surface area contributed by atoms with E-state index in [1.165, 1.54) is 0 Å². The van der Waals surface area contributed by atoms with Gasteiger partial charge in [0.05, 0.1) is 13.2 Å². The van der Waals surface area contributed by atoms with E-state index in [2.05, 4.69) is 15.3 Å². The number of amides is 1. The van der Waals surface area contributed by atoms with Crippen LogP contribution >= 0.6 is 0 Å². The number of fused-ring (bicyclic) bond motifs is 1. The number of ether oxygens (including phenoxy) is 2. The third-order valence-corrected chi connectivity index (χ3v) is 5.37. The number of pyridine rings is 1. The number of imidazole rings is 1. The molecule has 4 rings (SSSR count). The fraction of sp³-hybridized carbons (Fsp3) is 0.381. The molecular formula is C21H24N4O3. The molecule has 0 atom stereocenters. The lowest BCUT2D eigenvalue weighted by Crippen LogP contribution is -2.39. The maximum Gasteiger partial charge on any atom is 0.270 e. The first-order valence-corrected chi connectivity index (χ1v) is 9.49. The SMILES string of the molecule is COc1cccc2c(C(=O)NC3CCC(OC)CC3)nc(-n3ccnc3)cc12. The third-order valence-electron chi connectivity index (χ3n) is 5.37. The summed E-state index contributed by atoms with van der Waals surface area (Å²) in [5.74, 6) is 1.17. The number of nitrogens with one attached hydrogen (secondary N) is 1. The molecule has 7 nitrogen and oxygen atoms in total. The minimum atomic E-state index is -0.166. The molecule has 1 fully saturated rings. The smallest absolute Gasteiger partial charge is 0.270 e. The summed E-state index contributed by atoms with van der Waals surface area (Å²) in [6.45, 7) is 0. The van der Waals surface area contributed by atoms with E-state index in [4.69, 9.17) is 9.47 Å². The molecule has 0 radical (unpaired) electrons. The van der Waals surface area contributed by atoms with Gasteiger partial charge in [0, 0.05) is 36.3 Å². The standard InChI is InChI=1S/C21H24N4O3/c1-27-15-8-6-14(7-9-15)23-21(26)20-16-4-3-5-18(28-2)17(16)12-19(24-20)25-11-10-22-13-25/h3-5,10-15H,6-9H2,1-2H3,(H,23,26). The average molecular weight is 380 g/mol. The summed E-state index contributed by atoms with van der Waals surface area (Å²) in [7, 11) is 3.37. The molecule has 1 amide bonds. The molecule has 1 aliphatic carbocycles. The van der Waals surface area contributed by atoms with E-state index in [0.717, 1.165) is 36.5 Å². The Labute approximate surface area is 163 Å². The van der Waals surface area contributed by atoms with Crippen molar-refractivity contribution in [2.45, 2.75) is 37.8 Å². The molecular weight excluding hydrogens is 356 g/mol. The highest BCUT2D eigenvalue weighted by Gasteiger charge is 2.24. The molecule has 0 aliphatic heterocycles. The van der Waals surface area contributed by atoms with Crippen molar-refractivity contribution in [2.75, 3.05) is 14.2 Å². The number of carbonyl (C=O) groups excluding carboxylic acids is 1. The molecule has 1 aromatic carbocycles. The number of carbonyl (C=O) groups is 1. The number of rotatable bonds is 5. The minimum Gasteiger partial charge on any atom is -0.496 e. The molecule has 0 spiro atoms. The molecule has 2 aromatic heterocycles. The highest BCUT2D eigenvalue weighted by molar-refractivity contribution is 6.07. The summed E-state index contributed by atoms with van der Waals surface area (Å²) < 4.78 is 12.7. The second-order valence-corrected chi connectivity index (χ2v) is 7.04. The van der Waals surface area contributed by atoms with Gasteiger partial charge in [-0.05, 0) is 37.8 Å². The van der Waals surface area contributed by atoms with E-state index in [1.807, 2.05) is 24.3 Å². The zero-order valence-corrected chi connectivity index (χ0v) is 16.1. The highest BCUT2D eigenvalue weighted by atomic mass is 16.5. The Morgan fingerprint density at radius 3 is 2.68 bits per heavy atom. The van der Waals surface area contributed by atoms with Gasteiger partial charge in [-0.3, -0.25) is 9.36 Å². The molecule has 1 saturated carbocycles. The van der Waals surface area contributed by atoms with Crippen molar-refractivity contribution in [3.63, 3.8) is 0 Å². The van der Waals surface area contributed by atoms with Gasteiger partial charge < -0.3 is 14.8 Å². The zero-order chi connectivity index (χ0) is 19.5. The summed E-state index contributed by atoms with van der Waals surface area (Å²) >= 11 is 0. The Morgan fingerprint density at radius 1 is 1.18 bits per heavy atom. The van der Waals surface area contributed by atoms with Crippen molar-refractivity contribution in [3.05, 3.63) is 48.7 Å². The molecule has 1 N–H and O–H groups in total. The van der Waals surface area contributed by atoms with Crippen LogP contribution < -0.4 is 10.1 Å². The monoisotopic (exact) mass is 380 g/mol. The van der Waals surface area contributed by atoms with Gasteiger partial charge in [0.15, 0.2) is 0 Å². The largest absolute Gasteiger partial charge is 0.496 e. The van der Waals surface area contributed by atoms with E-state index < -0.39 is 0 Å². The van der Waals surface area contributed by atoms with Crippen LogP contribution in [0.25, 0.3) is 16.6 Å². The lowest BCUT2D eigenvalue weighted by Gasteiger charge is -2.28. The summed E-state index contributed by atoms with van der Waals surface area (Å²) in [4.78, 5) is 21.9. The van der Waals surface area contributed by atoms with Crippen molar-refractivity contribution in [1.29, 1.82) is 0 Å². The van der Waals surface area contributed by atoms with Crippen LogP contribution in [-0.2, 0) is 4.74 Å². The van der Waals surface area contributed by atoms with Crippen LogP contribution in [0.1, 0.15) is 36.2 Å². The molecule has 1 aliphatic rings. The number of hydrogen-bond acceptors (Lipinski definition) is 5. The summed E-state index contributed by atoms with van der Waals surface area (Å²) in [5, 5.41) is 4.77. The van der Waals surface area contributed by atoms with Crippen LogP contribution in [0.15, 0.2) is 43.0 Å². The van der Waals surface area contributed by atoms with E-state index >= 15 is 0 Å². The van der Waals surface area contributed by atoms with Crippen molar-refractivity contribution < 1.29 is 14.3 Å². The van der Waals surface area contributed by atoms with Crippen LogP contribution in [0.5, 0.6) is 5.75 Å². The predicted molar refractivity (Wildman–Crippen MR) is 106 cm³/mol. The molecule has 3 aromatic rings. The Kier molecular flexibility index (Phi) is 5.25. The summed E-state index contributed by atoms with van der Waals surface area (Å²) in [6.07, 6.45) is 9.17. The van der Waals surface area contributed by atoms with Gasteiger partial charge in [0.25, 0.3) is 5.91 Å². The Hall–Kier alpha value is -2.93. The first-order chi connectivity index (χ1) is 13.7. The first kappa shape index (κ1) is 18.4. The fourth-order valence-corrected chi connectivity index (χ4v) is 3.81. The van der Waals surface area contributed by atoms with Crippen LogP contribution in [-0.4, -0.2) is 46.8 Å². The van der Waals surface area contributed by atoms with Crippen LogP contribution in [0.2, 0.25) is 0 Å². The van der Waals surface area contributed by atoms with Crippen molar-refractivity contribution in [2.24, 2.45) is 0 Å². The van der Waals surface area contributed by atoms with Crippen molar-refractivity contribution in [1.82, 2.24) is 19.9 Å². The summed E-state index contributed by atoms with van der Waals surface area (Å²) in [5.41, 5.74) is 0.397. The second kappa shape index (κ2) is 7.98. The van der Waals surface area contributed by atoms with Gasteiger partial charge in [-0.1, -0.05) is 12.1 Å². The minimum absolute atomic E-state index is 0.137. The van der Waals surface area contributed by atoms with Gasteiger partial charge in [-0.25, -0.2) is 9.97 Å². The molecule has 146 valence electrons. The second-order valence-electron chi connectivity index (χ2n) is 7.04. The lowest BCUT2D eigenvalue weighted by molar-refractivity contribution is 0.0598. The molecule has 0 unspecified atom stereocenters. The number of hydrogen-bond donors (Lipinski definition) is 1.